The zero-order valence-corrected chi connectivity index (χ0v) is 27.5. The van der Waals surface area contributed by atoms with Gasteiger partial charge in [-0.25, -0.2) is 0 Å². The molecule has 2 aromatic carbocycles. The molecule has 3 aromatic rings. The molecule has 0 radical (unpaired) electrons. The molecule has 42 heavy (non-hydrogen) atoms. The van der Waals surface area contributed by atoms with Crippen molar-refractivity contribution in [2.24, 2.45) is 17.8 Å². The van der Waals surface area contributed by atoms with E-state index >= 15 is 0 Å². The Hall–Kier alpha value is -2.75. The van der Waals surface area contributed by atoms with Crippen LogP contribution >= 0.6 is 0 Å². The van der Waals surface area contributed by atoms with Crippen LogP contribution < -0.4 is 10.2 Å². The summed E-state index contributed by atoms with van der Waals surface area (Å²) >= 11 is 0. The predicted molar refractivity (Wildman–Crippen MR) is 176 cm³/mol. The Morgan fingerprint density at radius 3 is 2.19 bits per heavy atom. The highest BCUT2D eigenvalue weighted by Crippen LogP contribution is 2.45. The minimum Gasteiger partial charge on any atom is -0.508 e. The number of aromatic hydroxyl groups is 1. The van der Waals surface area contributed by atoms with E-state index in [9.17, 15) is 9.90 Å². The fourth-order valence-electron chi connectivity index (χ4n) is 6.98. The quantitative estimate of drug-likeness (QED) is 0.221. The average Bonchev–Trinajstić information content (AvgIpc) is 2.92. The summed E-state index contributed by atoms with van der Waals surface area (Å²) < 4.78 is 12.7. The Labute approximate surface area is 253 Å². The molecule has 0 aliphatic carbocycles. The number of benzene rings is 2. The SMILES string of the molecule is Cc1c(C)c(-c2coc3cc(O)ccc3c2=O)c(C)c2c1OC(C)(CCCC(C)CCCC(C)CCCC(C)C)CC2. The van der Waals surface area contributed by atoms with Crippen molar-refractivity contribution in [1.82, 2.24) is 0 Å². The van der Waals surface area contributed by atoms with E-state index in [4.69, 9.17) is 9.15 Å². The molecule has 0 amide bonds. The van der Waals surface area contributed by atoms with Crippen LogP contribution in [0.1, 0.15) is 121 Å². The molecule has 0 saturated carbocycles. The van der Waals surface area contributed by atoms with Crippen molar-refractivity contribution in [3.8, 4) is 22.6 Å². The number of fused-ring (bicyclic) bond motifs is 2. The summed E-state index contributed by atoms with van der Waals surface area (Å²) in [5, 5.41) is 10.3. The van der Waals surface area contributed by atoms with Gasteiger partial charge in [0.2, 0.25) is 5.43 Å². The van der Waals surface area contributed by atoms with Gasteiger partial charge in [-0.1, -0.05) is 72.6 Å². The lowest BCUT2D eigenvalue weighted by Crippen LogP contribution is -2.37. The maximum Gasteiger partial charge on any atom is 0.200 e. The molecule has 1 aromatic heterocycles. The van der Waals surface area contributed by atoms with Crippen molar-refractivity contribution < 1.29 is 14.3 Å². The van der Waals surface area contributed by atoms with Crippen LogP contribution in [0.25, 0.3) is 22.1 Å². The molecule has 4 rings (SSSR count). The maximum absolute atomic E-state index is 13.5. The number of phenolic OH excluding ortho intramolecular Hbond substituents is 1. The molecular weight excluding hydrogens is 520 g/mol. The molecule has 0 bridgehead atoms. The van der Waals surface area contributed by atoms with E-state index in [2.05, 4.69) is 55.4 Å². The van der Waals surface area contributed by atoms with E-state index in [0.29, 0.717) is 16.5 Å². The normalized spacial score (nSPS) is 18.2. The molecule has 1 N–H and O–H groups in total. The first-order chi connectivity index (χ1) is 19.9. The van der Waals surface area contributed by atoms with Gasteiger partial charge in [-0.05, 0) is 111 Å². The summed E-state index contributed by atoms with van der Waals surface area (Å²) in [6, 6.07) is 4.66. The Bertz CT molecular complexity index is 1430. The van der Waals surface area contributed by atoms with Crippen LogP contribution in [0.3, 0.4) is 0 Å². The van der Waals surface area contributed by atoms with E-state index < -0.39 is 0 Å². The number of hydrogen-bond acceptors (Lipinski definition) is 4. The molecule has 0 fully saturated rings. The smallest absolute Gasteiger partial charge is 0.200 e. The van der Waals surface area contributed by atoms with Crippen LogP contribution in [-0.2, 0) is 6.42 Å². The topological polar surface area (TPSA) is 59.7 Å². The molecule has 3 unspecified atom stereocenters. The molecule has 1 aliphatic heterocycles. The molecule has 1 aliphatic rings. The van der Waals surface area contributed by atoms with Gasteiger partial charge in [-0.3, -0.25) is 4.79 Å². The second-order valence-corrected chi connectivity index (χ2v) is 14.1. The van der Waals surface area contributed by atoms with Gasteiger partial charge in [0.25, 0.3) is 0 Å². The third-order valence-electron chi connectivity index (χ3n) is 9.93. The lowest BCUT2D eigenvalue weighted by molar-refractivity contribution is 0.0514. The van der Waals surface area contributed by atoms with Crippen molar-refractivity contribution in [2.75, 3.05) is 0 Å². The molecule has 3 atom stereocenters. The van der Waals surface area contributed by atoms with Crippen LogP contribution in [0.2, 0.25) is 0 Å². The standard InChI is InChI=1S/C38H54O4/c1-24(2)12-9-13-25(3)14-10-15-26(4)16-11-20-38(8)21-19-31-29(7)35(27(5)28(6)37(31)42-38)33-23-41-34-22-30(39)17-18-32(34)36(33)40/h17-18,22-26,39H,9-16,19-21H2,1-8H3. The third kappa shape index (κ3) is 7.41. The van der Waals surface area contributed by atoms with Gasteiger partial charge in [0, 0.05) is 6.07 Å². The van der Waals surface area contributed by atoms with Crippen LogP contribution in [0.15, 0.2) is 33.7 Å². The molecule has 2 heterocycles. The Balaban J connectivity index is 1.38. The van der Waals surface area contributed by atoms with Crippen molar-refractivity contribution in [3.05, 3.63) is 56.9 Å². The van der Waals surface area contributed by atoms with Crippen molar-refractivity contribution in [1.29, 1.82) is 0 Å². The van der Waals surface area contributed by atoms with Gasteiger partial charge in [0.05, 0.1) is 10.9 Å². The summed E-state index contributed by atoms with van der Waals surface area (Å²) in [6.07, 6.45) is 15.2. The van der Waals surface area contributed by atoms with Crippen molar-refractivity contribution in [2.45, 2.75) is 132 Å². The summed E-state index contributed by atoms with van der Waals surface area (Å²) in [6.45, 7) is 18.1. The number of rotatable bonds is 13. The first-order valence-corrected chi connectivity index (χ1v) is 16.5. The van der Waals surface area contributed by atoms with Gasteiger partial charge in [0.15, 0.2) is 0 Å². The van der Waals surface area contributed by atoms with Crippen molar-refractivity contribution >= 4 is 11.0 Å². The van der Waals surface area contributed by atoms with E-state index in [0.717, 1.165) is 65.0 Å². The highest BCUT2D eigenvalue weighted by molar-refractivity contribution is 5.85. The second-order valence-electron chi connectivity index (χ2n) is 14.1. The Morgan fingerprint density at radius 2 is 1.52 bits per heavy atom. The highest BCUT2D eigenvalue weighted by atomic mass is 16.5. The summed E-state index contributed by atoms with van der Waals surface area (Å²) in [4.78, 5) is 13.5. The summed E-state index contributed by atoms with van der Waals surface area (Å²) in [7, 11) is 0. The molecule has 4 heteroatoms. The van der Waals surface area contributed by atoms with Gasteiger partial charge in [0.1, 0.15) is 28.9 Å². The summed E-state index contributed by atoms with van der Waals surface area (Å²) in [5.74, 6) is 3.54. The van der Waals surface area contributed by atoms with E-state index in [1.54, 1.807) is 12.3 Å². The van der Waals surface area contributed by atoms with Crippen LogP contribution in [0.4, 0.5) is 0 Å². The number of hydrogen-bond donors (Lipinski definition) is 1. The lowest BCUT2D eigenvalue weighted by Gasteiger charge is -2.38. The van der Waals surface area contributed by atoms with Gasteiger partial charge in [-0.15, -0.1) is 0 Å². The molecular formula is C38H54O4. The fraction of sp³-hybridized carbons (Fsp3) is 0.605. The van der Waals surface area contributed by atoms with Gasteiger partial charge < -0.3 is 14.3 Å². The first-order valence-electron chi connectivity index (χ1n) is 16.5. The fourth-order valence-corrected chi connectivity index (χ4v) is 6.98. The van der Waals surface area contributed by atoms with Gasteiger partial charge >= 0.3 is 0 Å². The van der Waals surface area contributed by atoms with E-state index in [-0.39, 0.29) is 16.8 Å². The van der Waals surface area contributed by atoms with E-state index in [1.807, 2.05) is 0 Å². The minimum atomic E-state index is -0.160. The first kappa shape index (κ1) is 32.2. The molecule has 4 nitrogen and oxygen atoms in total. The van der Waals surface area contributed by atoms with E-state index in [1.165, 1.54) is 69.1 Å². The summed E-state index contributed by atoms with van der Waals surface area (Å²) in [5.41, 5.74) is 6.18. The third-order valence-corrected chi connectivity index (χ3v) is 9.93. The zero-order chi connectivity index (χ0) is 30.6. The minimum absolute atomic E-state index is 0.0712. The lowest BCUT2D eigenvalue weighted by atomic mass is 9.81. The largest absolute Gasteiger partial charge is 0.508 e. The number of ether oxygens (including phenoxy) is 1. The van der Waals surface area contributed by atoms with Gasteiger partial charge in [-0.2, -0.15) is 0 Å². The average molecular weight is 575 g/mol. The molecule has 230 valence electrons. The molecule has 0 saturated heterocycles. The van der Waals surface area contributed by atoms with Crippen LogP contribution in [0.5, 0.6) is 11.5 Å². The van der Waals surface area contributed by atoms with Crippen LogP contribution in [0, 0.1) is 38.5 Å². The van der Waals surface area contributed by atoms with Crippen LogP contribution in [-0.4, -0.2) is 10.7 Å². The zero-order valence-electron chi connectivity index (χ0n) is 27.5. The predicted octanol–water partition coefficient (Wildman–Crippen LogP) is 10.6. The number of phenols is 1. The Kier molecular flexibility index (Phi) is 10.5. The second kappa shape index (κ2) is 13.7. The highest BCUT2D eigenvalue weighted by Gasteiger charge is 2.34. The Morgan fingerprint density at radius 1 is 0.881 bits per heavy atom. The molecule has 0 spiro atoms. The maximum atomic E-state index is 13.5. The monoisotopic (exact) mass is 574 g/mol. The van der Waals surface area contributed by atoms with Crippen molar-refractivity contribution in [3.63, 3.8) is 0 Å².